The van der Waals surface area contributed by atoms with Crippen molar-refractivity contribution in [1.82, 2.24) is 20.4 Å². The van der Waals surface area contributed by atoms with Crippen LogP contribution in [0.1, 0.15) is 27.8 Å². The number of aryl methyl sites for hydroxylation is 2. The van der Waals surface area contributed by atoms with Gasteiger partial charge in [0.1, 0.15) is 11.6 Å². The van der Waals surface area contributed by atoms with Gasteiger partial charge < -0.3 is 16.0 Å². The fraction of sp³-hybridized carbons (Fsp3) is 0.250. The van der Waals surface area contributed by atoms with E-state index in [-0.39, 0.29) is 5.82 Å². The first-order valence-electron chi connectivity index (χ1n) is 10.6. The molecule has 0 aliphatic carbocycles. The molecule has 1 atom stereocenters. The maximum Gasteiger partial charge on any atom is 0.210 e. The first-order valence-corrected chi connectivity index (χ1v) is 10.6. The molecule has 1 unspecified atom stereocenters. The number of hydrogen-bond donors (Lipinski definition) is 4. The SMILES string of the molecule is Cc1ccc(F)cc1C1(N)N=CC(c2cnn(C)c2)=C(Nc2ccc3c(c2)CNCC3)N1. The fourth-order valence-electron chi connectivity index (χ4n) is 4.24. The molecule has 8 heteroatoms. The number of nitrogens with one attached hydrogen (secondary N) is 3. The van der Waals surface area contributed by atoms with Crippen LogP contribution in [0, 0.1) is 12.7 Å². The summed E-state index contributed by atoms with van der Waals surface area (Å²) < 4.78 is 15.8. The van der Waals surface area contributed by atoms with Crippen LogP contribution in [-0.4, -0.2) is 22.5 Å². The highest BCUT2D eigenvalue weighted by molar-refractivity contribution is 6.12. The van der Waals surface area contributed by atoms with Crippen molar-refractivity contribution in [3.8, 4) is 0 Å². The number of rotatable bonds is 4. The summed E-state index contributed by atoms with van der Waals surface area (Å²) in [5, 5.41) is 14.5. The highest BCUT2D eigenvalue weighted by Crippen LogP contribution is 2.30. The first kappa shape index (κ1) is 20.4. The van der Waals surface area contributed by atoms with Gasteiger partial charge in [0.25, 0.3) is 0 Å². The number of benzene rings is 2. The van der Waals surface area contributed by atoms with Gasteiger partial charge in [0, 0.05) is 48.4 Å². The Balaban J connectivity index is 1.55. The molecule has 0 spiro atoms. The smallest absolute Gasteiger partial charge is 0.210 e. The van der Waals surface area contributed by atoms with Gasteiger partial charge in [-0.25, -0.2) is 9.38 Å². The predicted molar refractivity (Wildman–Crippen MR) is 124 cm³/mol. The summed E-state index contributed by atoms with van der Waals surface area (Å²) in [5.41, 5.74) is 13.4. The standard InChI is InChI=1S/C24H26FN7/c1-15-3-5-19(25)10-22(15)24(26)28-13-21(18-12-29-32(2)14-18)23(31-24)30-20-6-4-16-7-8-27-11-17(16)9-20/h3-6,9-10,12-14,27,30-31H,7-8,11,26H2,1-2H3. The van der Waals surface area contributed by atoms with Crippen LogP contribution in [0.2, 0.25) is 0 Å². The Kier molecular flexibility index (Phi) is 5.03. The molecule has 0 amide bonds. The maximum absolute atomic E-state index is 14.0. The van der Waals surface area contributed by atoms with Crippen molar-refractivity contribution in [2.75, 3.05) is 11.9 Å². The molecular formula is C24H26FN7. The molecule has 0 fully saturated rings. The summed E-state index contributed by atoms with van der Waals surface area (Å²) in [6.07, 6.45) is 6.44. The number of hydrogen-bond acceptors (Lipinski definition) is 6. The molecule has 2 aromatic carbocycles. The van der Waals surface area contributed by atoms with Gasteiger partial charge in [-0.2, -0.15) is 5.10 Å². The van der Waals surface area contributed by atoms with Gasteiger partial charge in [0.2, 0.25) is 5.79 Å². The third-order valence-electron chi connectivity index (χ3n) is 5.97. The summed E-state index contributed by atoms with van der Waals surface area (Å²) in [6, 6.07) is 10.9. The van der Waals surface area contributed by atoms with Crippen molar-refractivity contribution in [2.45, 2.75) is 25.7 Å². The van der Waals surface area contributed by atoms with Crippen LogP contribution in [0.4, 0.5) is 10.1 Å². The zero-order valence-electron chi connectivity index (χ0n) is 18.1. The monoisotopic (exact) mass is 431 g/mol. The van der Waals surface area contributed by atoms with Crippen molar-refractivity contribution >= 4 is 17.5 Å². The summed E-state index contributed by atoms with van der Waals surface area (Å²) in [7, 11) is 1.87. The first-order chi connectivity index (χ1) is 15.4. The zero-order chi connectivity index (χ0) is 22.3. The number of nitrogens with two attached hydrogens (primary N) is 1. The molecule has 0 saturated carbocycles. The number of nitrogens with zero attached hydrogens (tertiary/aromatic N) is 3. The lowest BCUT2D eigenvalue weighted by atomic mass is 9.99. The van der Waals surface area contributed by atoms with Crippen LogP contribution in [0.5, 0.6) is 0 Å². The number of fused-ring (bicyclic) bond motifs is 1. The van der Waals surface area contributed by atoms with Gasteiger partial charge >= 0.3 is 0 Å². The summed E-state index contributed by atoms with van der Waals surface area (Å²) in [4.78, 5) is 4.59. The molecule has 0 bridgehead atoms. The number of aromatic nitrogens is 2. The van der Waals surface area contributed by atoms with Crippen LogP contribution in [-0.2, 0) is 25.8 Å². The molecule has 1 aromatic heterocycles. The van der Waals surface area contributed by atoms with E-state index >= 15 is 0 Å². The summed E-state index contributed by atoms with van der Waals surface area (Å²) >= 11 is 0. The Labute approximate surface area is 186 Å². The number of aliphatic imine (C=N–C) groups is 1. The highest BCUT2D eigenvalue weighted by Gasteiger charge is 2.33. The lowest BCUT2D eigenvalue weighted by molar-refractivity contribution is 0.396. The molecule has 3 heterocycles. The quantitative estimate of drug-likeness (QED) is 0.510. The second-order valence-electron chi connectivity index (χ2n) is 8.34. The molecule has 164 valence electrons. The Bertz CT molecular complexity index is 1240. The second-order valence-corrected chi connectivity index (χ2v) is 8.34. The van der Waals surface area contributed by atoms with E-state index < -0.39 is 5.79 Å². The highest BCUT2D eigenvalue weighted by atomic mass is 19.1. The minimum absolute atomic E-state index is 0.355. The van der Waals surface area contributed by atoms with E-state index in [0.29, 0.717) is 11.4 Å². The molecule has 0 radical (unpaired) electrons. The summed E-state index contributed by atoms with van der Waals surface area (Å²) in [5.74, 6) is -0.982. The minimum Gasteiger partial charge on any atom is -0.341 e. The predicted octanol–water partition coefficient (Wildman–Crippen LogP) is 2.74. The normalized spacial score (nSPS) is 20.1. The molecular weight excluding hydrogens is 405 g/mol. The molecule has 32 heavy (non-hydrogen) atoms. The average Bonchev–Trinajstić information content (AvgIpc) is 3.21. The van der Waals surface area contributed by atoms with Crippen LogP contribution < -0.4 is 21.7 Å². The van der Waals surface area contributed by atoms with E-state index in [4.69, 9.17) is 5.73 Å². The van der Waals surface area contributed by atoms with Crippen LogP contribution in [0.25, 0.3) is 5.57 Å². The van der Waals surface area contributed by atoms with Crippen molar-refractivity contribution < 1.29 is 4.39 Å². The second kappa shape index (κ2) is 7.89. The van der Waals surface area contributed by atoms with Gasteiger partial charge in [-0.3, -0.25) is 10.4 Å². The number of anilines is 1. The fourth-order valence-corrected chi connectivity index (χ4v) is 4.24. The van der Waals surface area contributed by atoms with E-state index in [2.05, 4.69) is 44.2 Å². The third kappa shape index (κ3) is 3.79. The van der Waals surface area contributed by atoms with Crippen LogP contribution in [0.15, 0.2) is 59.6 Å². The van der Waals surface area contributed by atoms with Crippen molar-refractivity contribution in [3.05, 3.63) is 88.2 Å². The number of halogens is 1. The Morgan fingerprint density at radius 3 is 2.88 bits per heavy atom. The topological polar surface area (TPSA) is 92.3 Å². The Morgan fingerprint density at radius 1 is 1.19 bits per heavy atom. The molecule has 2 aliphatic heterocycles. The van der Waals surface area contributed by atoms with Crippen molar-refractivity contribution in [1.29, 1.82) is 0 Å². The Hall–Kier alpha value is -3.49. The van der Waals surface area contributed by atoms with E-state index in [1.54, 1.807) is 23.2 Å². The van der Waals surface area contributed by atoms with Gasteiger partial charge in [0.05, 0.1) is 6.20 Å². The van der Waals surface area contributed by atoms with Crippen LogP contribution in [0.3, 0.4) is 0 Å². The molecule has 0 saturated heterocycles. The Morgan fingerprint density at radius 2 is 2.06 bits per heavy atom. The van der Waals surface area contributed by atoms with E-state index in [1.165, 1.54) is 23.3 Å². The van der Waals surface area contributed by atoms with Crippen molar-refractivity contribution in [2.24, 2.45) is 17.8 Å². The molecule has 5 N–H and O–H groups in total. The lowest BCUT2D eigenvalue weighted by Gasteiger charge is -2.34. The van der Waals surface area contributed by atoms with E-state index in [0.717, 1.165) is 41.9 Å². The minimum atomic E-state index is -1.31. The van der Waals surface area contributed by atoms with Gasteiger partial charge in [-0.1, -0.05) is 12.1 Å². The molecule has 5 rings (SSSR count). The van der Waals surface area contributed by atoms with E-state index in [9.17, 15) is 4.39 Å². The summed E-state index contributed by atoms with van der Waals surface area (Å²) in [6.45, 7) is 3.73. The number of allylic oxidation sites excluding steroid dienone is 1. The lowest BCUT2D eigenvalue weighted by Crippen LogP contribution is -2.52. The molecule has 3 aromatic rings. The average molecular weight is 432 g/mol. The zero-order valence-corrected chi connectivity index (χ0v) is 18.1. The van der Waals surface area contributed by atoms with Gasteiger partial charge in [0.15, 0.2) is 0 Å². The van der Waals surface area contributed by atoms with Gasteiger partial charge in [-0.05, 0) is 60.8 Å². The molecule has 2 aliphatic rings. The largest absolute Gasteiger partial charge is 0.341 e. The van der Waals surface area contributed by atoms with E-state index in [1.807, 2.05) is 20.2 Å². The van der Waals surface area contributed by atoms with Crippen LogP contribution >= 0.6 is 0 Å². The van der Waals surface area contributed by atoms with Gasteiger partial charge in [-0.15, -0.1) is 0 Å². The third-order valence-corrected chi connectivity index (χ3v) is 5.97. The molecule has 7 nitrogen and oxygen atoms in total. The maximum atomic E-state index is 14.0. The van der Waals surface area contributed by atoms with Crippen molar-refractivity contribution in [3.63, 3.8) is 0 Å².